The standard InChI is InChI=1S/C23H30N4O3S/c1-6-8-17-9-12-19(13-10-17)31(29,30)26(5)16-22-24-20-15-18(23(28)25(3)4)11-14-21(20)27(22)7-2/h9-15H,6-8,16H2,1-5H3. The highest BCUT2D eigenvalue weighted by Crippen LogP contribution is 2.22. The van der Waals surface area contributed by atoms with Crippen LogP contribution in [0, 0.1) is 0 Å². The Morgan fingerprint density at radius 2 is 1.71 bits per heavy atom. The summed E-state index contributed by atoms with van der Waals surface area (Å²) in [6.45, 7) is 4.87. The molecule has 0 atom stereocenters. The molecule has 0 fully saturated rings. The van der Waals surface area contributed by atoms with Gasteiger partial charge in [-0.3, -0.25) is 4.79 Å². The molecule has 7 nitrogen and oxygen atoms in total. The Morgan fingerprint density at radius 3 is 2.29 bits per heavy atom. The van der Waals surface area contributed by atoms with Crippen molar-refractivity contribution in [2.75, 3.05) is 21.1 Å². The fraction of sp³-hybridized carbons (Fsp3) is 0.391. The zero-order chi connectivity index (χ0) is 22.8. The highest BCUT2D eigenvalue weighted by atomic mass is 32.2. The first kappa shape index (κ1) is 23.0. The molecule has 1 heterocycles. The van der Waals surface area contributed by atoms with Crippen molar-refractivity contribution in [2.45, 2.75) is 44.7 Å². The molecule has 0 saturated carbocycles. The minimum atomic E-state index is -3.64. The van der Waals surface area contributed by atoms with E-state index in [0.717, 1.165) is 23.9 Å². The summed E-state index contributed by atoms with van der Waals surface area (Å²) in [5.74, 6) is 0.543. The molecule has 0 aliphatic rings. The number of carbonyl (C=O) groups excluding carboxylic acids is 1. The first-order valence-electron chi connectivity index (χ1n) is 10.4. The number of imidazole rings is 1. The molecule has 0 bridgehead atoms. The Hall–Kier alpha value is -2.71. The molecule has 0 saturated heterocycles. The van der Waals surface area contributed by atoms with Gasteiger partial charge in [0.2, 0.25) is 10.0 Å². The fourth-order valence-corrected chi connectivity index (χ4v) is 4.75. The minimum Gasteiger partial charge on any atom is -0.345 e. The van der Waals surface area contributed by atoms with E-state index in [2.05, 4.69) is 11.9 Å². The quantitative estimate of drug-likeness (QED) is 0.535. The van der Waals surface area contributed by atoms with Crippen LogP contribution in [0.25, 0.3) is 11.0 Å². The maximum atomic E-state index is 13.1. The van der Waals surface area contributed by atoms with Crippen LogP contribution < -0.4 is 0 Å². The van der Waals surface area contributed by atoms with Crippen molar-refractivity contribution in [3.63, 3.8) is 0 Å². The van der Waals surface area contributed by atoms with Crippen molar-refractivity contribution >= 4 is 27.0 Å². The molecule has 166 valence electrons. The summed E-state index contributed by atoms with van der Waals surface area (Å²) >= 11 is 0. The Kier molecular flexibility index (Phi) is 6.81. The Morgan fingerprint density at radius 1 is 1.03 bits per heavy atom. The molecule has 1 aromatic heterocycles. The molecular weight excluding hydrogens is 412 g/mol. The summed E-state index contributed by atoms with van der Waals surface area (Å²) in [5.41, 5.74) is 3.24. The van der Waals surface area contributed by atoms with E-state index in [1.165, 1.54) is 9.21 Å². The van der Waals surface area contributed by atoms with Crippen LogP contribution in [0.1, 0.15) is 42.0 Å². The van der Waals surface area contributed by atoms with Gasteiger partial charge in [0.15, 0.2) is 0 Å². The van der Waals surface area contributed by atoms with Gasteiger partial charge in [-0.05, 0) is 49.2 Å². The molecule has 0 radical (unpaired) electrons. The second kappa shape index (κ2) is 9.20. The third-order valence-corrected chi connectivity index (χ3v) is 7.15. The third kappa shape index (κ3) is 4.65. The molecule has 0 N–H and O–H groups in total. The predicted molar refractivity (Wildman–Crippen MR) is 123 cm³/mol. The van der Waals surface area contributed by atoms with Crippen LogP contribution in [-0.2, 0) is 29.5 Å². The number of rotatable bonds is 8. The van der Waals surface area contributed by atoms with Crippen molar-refractivity contribution in [3.8, 4) is 0 Å². The van der Waals surface area contributed by atoms with Crippen LogP contribution in [0.5, 0.6) is 0 Å². The molecular formula is C23H30N4O3S. The summed E-state index contributed by atoms with van der Waals surface area (Å²) in [4.78, 5) is 18.7. The zero-order valence-electron chi connectivity index (χ0n) is 18.8. The SMILES string of the molecule is CCCc1ccc(S(=O)(=O)N(C)Cc2nc3cc(C(=O)N(C)C)ccc3n2CC)cc1. The van der Waals surface area contributed by atoms with E-state index in [9.17, 15) is 13.2 Å². The van der Waals surface area contributed by atoms with Crippen LogP contribution in [0.2, 0.25) is 0 Å². The van der Waals surface area contributed by atoms with Crippen molar-refractivity contribution in [1.82, 2.24) is 18.8 Å². The van der Waals surface area contributed by atoms with E-state index in [1.54, 1.807) is 45.4 Å². The van der Waals surface area contributed by atoms with Gasteiger partial charge in [-0.2, -0.15) is 4.31 Å². The average molecular weight is 443 g/mol. The Labute approximate surface area is 184 Å². The number of hydrogen-bond acceptors (Lipinski definition) is 4. The van der Waals surface area contributed by atoms with E-state index < -0.39 is 10.0 Å². The topological polar surface area (TPSA) is 75.5 Å². The number of sulfonamides is 1. The molecule has 3 aromatic rings. The Bertz CT molecular complexity index is 1180. The van der Waals surface area contributed by atoms with Crippen molar-refractivity contribution in [2.24, 2.45) is 0 Å². The molecule has 31 heavy (non-hydrogen) atoms. The van der Waals surface area contributed by atoms with Crippen molar-refractivity contribution in [1.29, 1.82) is 0 Å². The summed E-state index contributed by atoms with van der Waals surface area (Å²) in [7, 11) is 1.33. The van der Waals surface area contributed by atoms with Gasteiger partial charge in [0.1, 0.15) is 5.82 Å². The lowest BCUT2D eigenvalue weighted by Gasteiger charge is -2.18. The largest absolute Gasteiger partial charge is 0.345 e. The summed E-state index contributed by atoms with van der Waals surface area (Å²) in [6, 6.07) is 12.5. The number of aryl methyl sites for hydroxylation is 2. The lowest BCUT2D eigenvalue weighted by molar-refractivity contribution is 0.0827. The van der Waals surface area contributed by atoms with Gasteiger partial charge in [-0.1, -0.05) is 25.5 Å². The maximum Gasteiger partial charge on any atom is 0.253 e. The molecule has 0 aliphatic heterocycles. The number of carbonyl (C=O) groups is 1. The van der Waals surface area contributed by atoms with Gasteiger partial charge in [-0.15, -0.1) is 0 Å². The van der Waals surface area contributed by atoms with Gasteiger partial charge < -0.3 is 9.47 Å². The number of nitrogens with zero attached hydrogens (tertiary/aromatic N) is 4. The maximum absolute atomic E-state index is 13.1. The second-order valence-corrected chi connectivity index (χ2v) is 9.88. The molecule has 0 unspecified atom stereocenters. The van der Waals surface area contributed by atoms with Gasteiger partial charge in [-0.25, -0.2) is 13.4 Å². The molecule has 1 amide bonds. The molecule has 8 heteroatoms. The number of amides is 1. The van der Waals surface area contributed by atoms with E-state index in [4.69, 9.17) is 0 Å². The lowest BCUT2D eigenvalue weighted by atomic mass is 10.1. The number of hydrogen-bond donors (Lipinski definition) is 0. The number of benzene rings is 2. The second-order valence-electron chi connectivity index (χ2n) is 7.83. The summed E-state index contributed by atoms with van der Waals surface area (Å²) < 4.78 is 29.5. The molecule has 0 spiro atoms. The van der Waals surface area contributed by atoms with Crippen molar-refractivity contribution in [3.05, 3.63) is 59.4 Å². The van der Waals surface area contributed by atoms with E-state index in [0.29, 0.717) is 23.4 Å². The smallest absolute Gasteiger partial charge is 0.253 e. The predicted octanol–water partition coefficient (Wildman–Crippen LogP) is 3.53. The first-order valence-corrected chi connectivity index (χ1v) is 11.9. The number of fused-ring (bicyclic) bond motifs is 1. The summed E-state index contributed by atoms with van der Waals surface area (Å²) in [6.07, 6.45) is 1.94. The summed E-state index contributed by atoms with van der Waals surface area (Å²) in [5, 5.41) is 0. The molecule has 3 rings (SSSR count). The van der Waals surface area contributed by atoms with Crippen molar-refractivity contribution < 1.29 is 13.2 Å². The Balaban J connectivity index is 1.91. The normalized spacial score (nSPS) is 11.9. The van der Waals surface area contributed by atoms with Gasteiger partial charge in [0.05, 0.1) is 22.5 Å². The van der Waals surface area contributed by atoms with Crippen LogP contribution >= 0.6 is 0 Å². The average Bonchev–Trinajstić information content (AvgIpc) is 3.09. The lowest BCUT2D eigenvalue weighted by Crippen LogP contribution is -2.28. The van der Waals surface area contributed by atoms with Crippen LogP contribution in [0.3, 0.4) is 0 Å². The van der Waals surface area contributed by atoms with Gasteiger partial charge in [0, 0.05) is 33.3 Å². The number of aromatic nitrogens is 2. The van der Waals surface area contributed by atoms with Crippen LogP contribution in [0.4, 0.5) is 0 Å². The van der Waals surface area contributed by atoms with E-state index >= 15 is 0 Å². The molecule has 0 aliphatic carbocycles. The monoisotopic (exact) mass is 442 g/mol. The van der Waals surface area contributed by atoms with E-state index in [-0.39, 0.29) is 17.3 Å². The van der Waals surface area contributed by atoms with Crippen LogP contribution in [-0.4, -0.2) is 54.2 Å². The third-order valence-electron chi connectivity index (χ3n) is 5.33. The fourth-order valence-electron chi connectivity index (χ4n) is 3.63. The highest BCUT2D eigenvalue weighted by Gasteiger charge is 2.23. The highest BCUT2D eigenvalue weighted by molar-refractivity contribution is 7.89. The van der Waals surface area contributed by atoms with Gasteiger partial charge >= 0.3 is 0 Å². The zero-order valence-corrected chi connectivity index (χ0v) is 19.6. The van der Waals surface area contributed by atoms with E-state index in [1.807, 2.05) is 29.7 Å². The first-order chi connectivity index (χ1) is 14.7. The van der Waals surface area contributed by atoms with Crippen LogP contribution in [0.15, 0.2) is 47.4 Å². The van der Waals surface area contributed by atoms with Gasteiger partial charge in [0.25, 0.3) is 5.91 Å². The molecule has 2 aromatic carbocycles. The minimum absolute atomic E-state index is 0.0966.